The first-order chi connectivity index (χ1) is 9.13. The van der Waals surface area contributed by atoms with Crippen molar-refractivity contribution in [3.63, 3.8) is 0 Å². The van der Waals surface area contributed by atoms with Gasteiger partial charge in [-0.15, -0.1) is 0 Å². The van der Waals surface area contributed by atoms with Crippen LogP contribution in [0.5, 0.6) is 5.75 Å². The monoisotopic (exact) mass is 297 g/mol. The van der Waals surface area contributed by atoms with Crippen molar-refractivity contribution in [1.82, 2.24) is 0 Å². The van der Waals surface area contributed by atoms with E-state index in [1.54, 1.807) is 12.1 Å². The second-order valence-corrected chi connectivity index (χ2v) is 4.59. The number of fused-ring (bicyclic) bond motifs is 1. The van der Waals surface area contributed by atoms with Gasteiger partial charge in [0.05, 0.1) is 18.0 Å². The molecular weight excluding hydrogens is 278 g/mol. The van der Waals surface area contributed by atoms with Crippen molar-refractivity contribution in [2.24, 2.45) is 0 Å². The lowest BCUT2D eigenvalue weighted by Crippen LogP contribution is -3.00. The van der Waals surface area contributed by atoms with Crippen molar-refractivity contribution in [1.29, 1.82) is 0 Å². The standard InChI is InChI=1S/C15H19NO3.ClH/c1-4-9-13(5-2)19-15-10(14(9)18)6-7-12(17)11(15)8-16-3;/h6-7,16-17H,4-5,8H2,1-3H3;1H. The molecule has 0 amide bonds. The second kappa shape index (κ2) is 6.77. The minimum atomic E-state index is 0. The van der Waals surface area contributed by atoms with Crippen LogP contribution in [-0.2, 0) is 19.4 Å². The molecule has 0 spiro atoms. The molecule has 5 heteroatoms. The van der Waals surface area contributed by atoms with Gasteiger partial charge in [0, 0.05) is 12.0 Å². The Bertz CT molecular complexity index is 664. The SMILES string of the molecule is CCc1oc2c(C[NH2+]C)c(O)ccc2c(=O)c1CC.[Cl-]. The predicted octanol–water partition coefficient (Wildman–Crippen LogP) is -1.68. The molecule has 1 aromatic carbocycles. The number of halogens is 1. The van der Waals surface area contributed by atoms with Crippen LogP contribution < -0.4 is 23.2 Å². The fraction of sp³-hybridized carbons (Fsp3) is 0.400. The van der Waals surface area contributed by atoms with Crippen LogP contribution in [0.3, 0.4) is 0 Å². The fourth-order valence-corrected chi connectivity index (χ4v) is 2.43. The van der Waals surface area contributed by atoms with Crippen LogP contribution in [0, 0.1) is 0 Å². The number of phenols is 1. The van der Waals surface area contributed by atoms with Crippen molar-refractivity contribution in [2.45, 2.75) is 33.2 Å². The van der Waals surface area contributed by atoms with E-state index in [1.807, 2.05) is 26.2 Å². The highest BCUT2D eigenvalue weighted by molar-refractivity contribution is 5.82. The maximum atomic E-state index is 12.5. The molecule has 20 heavy (non-hydrogen) atoms. The number of hydrogen-bond donors (Lipinski definition) is 2. The Morgan fingerprint density at radius 2 is 1.90 bits per heavy atom. The minimum absolute atomic E-state index is 0. The molecule has 0 saturated carbocycles. The number of quaternary nitrogens is 1. The first kappa shape index (κ1) is 16.5. The lowest BCUT2D eigenvalue weighted by Gasteiger charge is -2.10. The van der Waals surface area contributed by atoms with E-state index in [0.29, 0.717) is 35.9 Å². The van der Waals surface area contributed by atoms with E-state index < -0.39 is 0 Å². The molecule has 1 heterocycles. The van der Waals surface area contributed by atoms with Gasteiger partial charge in [0.2, 0.25) is 0 Å². The number of aromatic hydroxyl groups is 1. The molecule has 0 saturated heterocycles. The Morgan fingerprint density at radius 1 is 1.20 bits per heavy atom. The predicted molar refractivity (Wildman–Crippen MR) is 74.5 cm³/mol. The highest BCUT2D eigenvalue weighted by Crippen LogP contribution is 2.27. The van der Waals surface area contributed by atoms with Crippen LogP contribution in [0.25, 0.3) is 11.0 Å². The third kappa shape index (κ3) is 2.67. The molecule has 2 aromatic rings. The molecule has 0 atom stereocenters. The molecule has 0 aliphatic rings. The van der Waals surface area contributed by atoms with E-state index in [9.17, 15) is 9.90 Å². The first-order valence-corrected chi connectivity index (χ1v) is 6.71. The van der Waals surface area contributed by atoms with Gasteiger partial charge < -0.3 is 27.2 Å². The summed E-state index contributed by atoms with van der Waals surface area (Å²) in [6.07, 6.45) is 1.34. The molecule has 0 aliphatic heterocycles. The summed E-state index contributed by atoms with van der Waals surface area (Å²) < 4.78 is 5.90. The van der Waals surface area contributed by atoms with Crippen molar-refractivity contribution in [3.8, 4) is 5.75 Å². The molecule has 3 N–H and O–H groups in total. The average Bonchev–Trinajstić information content (AvgIpc) is 2.41. The number of rotatable bonds is 4. The topological polar surface area (TPSA) is 67.1 Å². The Hall–Kier alpha value is -1.52. The number of aryl methyl sites for hydroxylation is 1. The second-order valence-electron chi connectivity index (χ2n) is 4.59. The molecule has 0 bridgehead atoms. The lowest BCUT2D eigenvalue weighted by molar-refractivity contribution is -0.643. The van der Waals surface area contributed by atoms with Gasteiger partial charge in [0.1, 0.15) is 18.1 Å². The van der Waals surface area contributed by atoms with E-state index in [0.717, 1.165) is 11.3 Å². The summed E-state index contributed by atoms with van der Waals surface area (Å²) in [7, 11) is 1.91. The Labute approximate surface area is 124 Å². The maximum Gasteiger partial charge on any atom is 0.196 e. The molecular formula is C15H20ClNO3. The molecule has 0 fully saturated rings. The quantitative estimate of drug-likeness (QED) is 0.708. The molecule has 110 valence electrons. The molecule has 0 unspecified atom stereocenters. The van der Waals surface area contributed by atoms with Crippen molar-refractivity contribution < 1.29 is 27.2 Å². The van der Waals surface area contributed by atoms with Crippen LogP contribution in [0.4, 0.5) is 0 Å². The minimum Gasteiger partial charge on any atom is -1.00 e. The van der Waals surface area contributed by atoms with Gasteiger partial charge in [-0.05, 0) is 18.6 Å². The summed E-state index contributed by atoms with van der Waals surface area (Å²) in [5.74, 6) is 0.906. The third-order valence-corrected chi connectivity index (χ3v) is 3.40. The Balaban J connectivity index is 0.00000200. The summed E-state index contributed by atoms with van der Waals surface area (Å²) >= 11 is 0. The van der Waals surface area contributed by atoms with E-state index in [-0.39, 0.29) is 23.6 Å². The van der Waals surface area contributed by atoms with Crippen LogP contribution >= 0.6 is 0 Å². The smallest absolute Gasteiger partial charge is 0.196 e. The van der Waals surface area contributed by atoms with Gasteiger partial charge in [0.15, 0.2) is 11.0 Å². The highest BCUT2D eigenvalue weighted by Gasteiger charge is 2.17. The lowest BCUT2D eigenvalue weighted by atomic mass is 10.0. The number of benzene rings is 1. The molecule has 2 rings (SSSR count). The first-order valence-electron chi connectivity index (χ1n) is 6.71. The summed E-state index contributed by atoms with van der Waals surface area (Å²) in [4.78, 5) is 12.5. The molecule has 0 radical (unpaired) electrons. The number of nitrogens with two attached hydrogens (primary N) is 1. The molecule has 4 nitrogen and oxygen atoms in total. The fourth-order valence-electron chi connectivity index (χ4n) is 2.43. The highest BCUT2D eigenvalue weighted by atomic mass is 35.5. The molecule has 0 aliphatic carbocycles. The van der Waals surface area contributed by atoms with Crippen LogP contribution in [-0.4, -0.2) is 12.2 Å². The van der Waals surface area contributed by atoms with Gasteiger partial charge in [-0.25, -0.2) is 0 Å². The molecule has 1 aromatic heterocycles. The Morgan fingerprint density at radius 3 is 2.45 bits per heavy atom. The zero-order chi connectivity index (χ0) is 14.0. The van der Waals surface area contributed by atoms with Gasteiger partial charge in [-0.3, -0.25) is 4.79 Å². The zero-order valence-electron chi connectivity index (χ0n) is 12.0. The summed E-state index contributed by atoms with van der Waals surface area (Å²) in [6, 6.07) is 3.22. The van der Waals surface area contributed by atoms with Crippen molar-refractivity contribution in [3.05, 3.63) is 39.2 Å². The largest absolute Gasteiger partial charge is 1.00 e. The van der Waals surface area contributed by atoms with Gasteiger partial charge in [-0.2, -0.15) is 0 Å². The third-order valence-electron chi connectivity index (χ3n) is 3.40. The number of phenolic OH excluding ortho intramolecular Hbond substituents is 1. The summed E-state index contributed by atoms with van der Waals surface area (Å²) in [6.45, 7) is 4.51. The average molecular weight is 298 g/mol. The Kier molecular flexibility index (Phi) is 5.60. The normalized spacial score (nSPS) is 10.6. The van der Waals surface area contributed by atoms with Crippen LogP contribution in [0.1, 0.15) is 30.7 Å². The van der Waals surface area contributed by atoms with Gasteiger partial charge in [-0.1, -0.05) is 13.8 Å². The van der Waals surface area contributed by atoms with Gasteiger partial charge >= 0.3 is 0 Å². The zero-order valence-corrected chi connectivity index (χ0v) is 12.8. The summed E-state index contributed by atoms with van der Waals surface area (Å²) in [5, 5.41) is 12.4. The summed E-state index contributed by atoms with van der Waals surface area (Å²) in [5.41, 5.74) is 1.98. The van der Waals surface area contributed by atoms with Crippen molar-refractivity contribution in [2.75, 3.05) is 7.05 Å². The van der Waals surface area contributed by atoms with Crippen LogP contribution in [0.2, 0.25) is 0 Å². The van der Waals surface area contributed by atoms with E-state index in [4.69, 9.17) is 4.42 Å². The van der Waals surface area contributed by atoms with E-state index in [2.05, 4.69) is 0 Å². The number of hydrogen-bond acceptors (Lipinski definition) is 3. The maximum absolute atomic E-state index is 12.5. The van der Waals surface area contributed by atoms with Crippen LogP contribution in [0.15, 0.2) is 21.3 Å². The van der Waals surface area contributed by atoms with E-state index in [1.165, 1.54) is 0 Å². The van der Waals surface area contributed by atoms with Crippen molar-refractivity contribution >= 4 is 11.0 Å². The van der Waals surface area contributed by atoms with E-state index >= 15 is 0 Å². The van der Waals surface area contributed by atoms with Gasteiger partial charge in [0.25, 0.3) is 0 Å².